The van der Waals surface area contributed by atoms with Crippen molar-refractivity contribution in [2.45, 2.75) is 33.2 Å². The summed E-state index contributed by atoms with van der Waals surface area (Å²) in [6.45, 7) is 6.08. The van der Waals surface area contributed by atoms with Crippen molar-refractivity contribution in [3.8, 4) is 5.00 Å². The van der Waals surface area contributed by atoms with E-state index >= 15 is 0 Å². The summed E-state index contributed by atoms with van der Waals surface area (Å²) in [5, 5.41) is 16.9. The van der Waals surface area contributed by atoms with Crippen LogP contribution >= 0.6 is 22.9 Å². The highest BCUT2D eigenvalue weighted by Crippen LogP contribution is 2.39. The summed E-state index contributed by atoms with van der Waals surface area (Å²) in [4.78, 5) is 24.3. The minimum atomic E-state index is -0.492. The fraction of sp³-hybridized carbons (Fsp3) is 0.217. The lowest BCUT2D eigenvalue weighted by molar-refractivity contribution is -0.118. The average molecular weight is 495 g/mol. The van der Waals surface area contributed by atoms with Crippen molar-refractivity contribution in [2.24, 2.45) is 10.7 Å². The summed E-state index contributed by atoms with van der Waals surface area (Å²) in [5.41, 5.74) is 9.45. The lowest BCUT2D eigenvalue weighted by Crippen LogP contribution is -2.17. The Labute approximate surface area is 205 Å². The Bertz CT molecular complexity index is 1370. The first-order chi connectivity index (χ1) is 16.3. The number of thiophene rings is 1. The smallest absolute Gasteiger partial charge is 0.220 e. The molecule has 9 nitrogen and oxygen atoms in total. The molecule has 1 aliphatic heterocycles. The number of benzene rings is 1. The molecule has 0 radical (unpaired) electrons. The Morgan fingerprint density at radius 2 is 2.00 bits per heavy atom. The number of primary amides is 1. The van der Waals surface area contributed by atoms with Crippen molar-refractivity contribution < 1.29 is 4.79 Å². The van der Waals surface area contributed by atoms with Gasteiger partial charge in [0.15, 0.2) is 5.82 Å². The van der Waals surface area contributed by atoms with E-state index in [1.54, 1.807) is 23.7 Å². The second kappa shape index (κ2) is 9.70. The molecular weight excluding hydrogens is 472 g/mol. The molecule has 4 N–H and O–H groups in total. The van der Waals surface area contributed by atoms with Gasteiger partial charge in [0.2, 0.25) is 5.91 Å². The van der Waals surface area contributed by atoms with E-state index in [1.165, 1.54) is 11.1 Å². The quantitative estimate of drug-likeness (QED) is 0.368. The number of aliphatic imine (C=N–C) groups is 1. The highest BCUT2D eigenvalue weighted by molar-refractivity contribution is 7.15. The third kappa shape index (κ3) is 4.55. The van der Waals surface area contributed by atoms with Crippen LogP contribution < -0.4 is 5.73 Å². The predicted molar refractivity (Wildman–Crippen MR) is 134 cm³/mol. The van der Waals surface area contributed by atoms with Crippen LogP contribution in [0.1, 0.15) is 51.5 Å². The van der Waals surface area contributed by atoms with Crippen molar-refractivity contribution in [2.75, 3.05) is 0 Å². The van der Waals surface area contributed by atoms with E-state index < -0.39 is 11.9 Å². The molecule has 4 heterocycles. The van der Waals surface area contributed by atoms with Crippen molar-refractivity contribution in [1.82, 2.24) is 24.7 Å². The third-order valence-corrected chi connectivity index (χ3v) is 6.85. The van der Waals surface area contributed by atoms with Gasteiger partial charge >= 0.3 is 0 Å². The number of nitrogens with one attached hydrogen (secondary N) is 2. The number of carbonyl (C=O) groups is 1. The number of hydrogen-bond donors (Lipinski definition) is 3. The number of imidazole rings is 1. The topological polar surface area (TPSA) is 139 Å². The van der Waals surface area contributed by atoms with Crippen LogP contribution in [0.15, 0.2) is 41.7 Å². The van der Waals surface area contributed by atoms with E-state index in [9.17, 15) is 4.79 Å². The van der Waals surface area contributed by atoms with Gasteiger partial charge in [0.05, 0.1) is 18.3 Å². The molecule has 174 valence electrons. The summed E-state index contributed by atoms with van der Waals surface area (Å²) < 4.78 is 2.00. The van der Waals surface area contributed by atoms with Crippen molar-refractivity contribution in [3.05, 3.63) is 80.7 Å². The van der Waals surface area contributed by atoms with Gasteiger partial charge in [-0.3, -0.25) is 14.4 Å². The van der Waals surface area contributed by atoms with Gasteiger partial charge in [0.25, 0.3) is 0 Å². The molecular formula is C23H23ClN8OS. The summed E-state index contributed by atoms with van der Waals surface area (Å²) in [6.07, 6.45) is 4.53. The number of carbonyl (C=O) groups excluding carboxylic acids is 1. The SMILES string of the molecule is Cc1sc2c(c1C)C(c1ccc(Cl)cc1)=NC(CC(N)=O)c1nnc(C)n1-2.N=Cc1ncc[nH]1. The van der Waals surface area contributed by atoms with Gasteiger partial charge in [0.1, 0.15) is 22.7 Å². The van der Waals surface area contributed by atoms with Gasteiger partial charge < -0.3 is 16.1 Å². The fourth-order valence-electron chi connectivity index (χ4n) is 3.68. The van der Waals surface area contributed by atoms with Crippen LogP contribution in [0.5, 0.6) is 0 Å². The molecule has 1 unspecified atom stereocenters. The number of rotatable bonds is 4. The second-order valence-corrected chi connectivity index (χ2v) is 9.33. The maximum atomic E-state index is 11.7. The molecule has 4 aromatic rings. The Morgan fingerprint density at radius 1 is 1.26 bits per heavy atom. The summed E-state index contributed by atoms with van der Waals surface area (Å²) in [7, 11) is 0. The highest BCUT2D eigenvalue weighted by Gasteiger charge is 2.31. The first-order valence-corrected chi connectivity index (χ1v) is 11.6. The highest BCUT2D eigenvalue weighted by atomic mass is 35.5. The molecule has 0 spiro atoms. The van der Waals surface area contributed by atoms with Crippen LogP contribution in [0.4, 0.5) is 0 Å². The van der Waals surface area contributed by atoms with E-state index in [1.807, 2.05) is 35.8 Å². The van der Waals surface area contributed by atoms with Crippen molar-refractivity contribution in [1.29, 1.82) is 5.41 Å². The number of nitrogens with two attached hydrogens (primary N) is 1. The second-order valence-electron chi connectivity index (χ2n) is 7.69. The van der Waals surface area contributed by atoms with Gasteiger partial charge in [0, 0.05) is 33.4 Å². The van der Waals surface area contributed by atoms with E-state index in [0.717, 1.165) is 33.2 Å². The van der Waals surface area contributed by atoms with Crippen LogP contribution in [-0.2, 0) is 4.79 Å². The summed E-state index contributed by atoms with van der Waals surface area (Å²) in [6, 6.07) is 7.07. The number of nitrogens with zero attached hydrogens (tertiary/aromatic N) is 5. The lowest BCUT2D eigenvalue weighted by Gasteiger charge is -2.11. The first kappa shape index (κ1) is 23.5. The van der Waals surface area contributed by atoms with Crippen LogP contribution in [0.3, 0.4) is 0 Å². The van der Waals surface area contributed by atoms with Gasteiger partial charge in [-0.05, 0) is 38.5 Å². The standard InChI is InChI=1S/C19H18ClN5OS.C4H5N3/c1-9-10(2)27-19-16(9)17(12-4-6-13(20)7-5-12)22-14(8-15(21)26)18-24-23-11(3)25(18)19;5-3-4-6-1-2-7-4/h4-7,14H,8H2,1-3H3,(H2,21,26);1-3,5H,(H,6,7). The fourth-order valence-corrected chi connectivity index (χ4v) is 5.02. The molecule has 0 aliphatic carbocycles. The van der Waals surface area contributed by atoms with Crippen LogP contribution in [0, 0.1) is 26.2 Å². The van der Waals surface area contributed by atoms with Crippen molar-refractivity contribution in [3.63, 3.8) is 0 Å². The average Bonchev–Trinajstić information content (AvgIpc) is 3.51. The van der Waals surface area contributed by atoms with E-state index in [-0.39, 0.29) is 6.42 Å². The van der Waals surface area contributed by atoms with E-state index in [2.05, 4.69) is 34.0 Å². The number of amides is 1. The van der Waals surface area contributed by atoms with Crippen LogP contribution in [0.2, 0.25) is 5.02 Å². The number of halogens is 1. The third-order valence-electron chi connectivity index (χ3n) is 5.41. The Hall–Kier alpha value is -3.63. The molecule has 0 bridgehead atoms. The molecule has 0 saturated heterocycles. The number of fused-ring (bicyclic) bond motifs is 3. The van der Waals surface area contributed by atoms with Gasteiger partial charge in [-0.1, -0.05) is 23.7 Å². The number of H-pyrrole nitrogens is 1. The minimum absolute atomic E-state index is 0.0716. The number of hydrogen-bond acceptors (Lipinski definition) is 7. The monoisotopic (exact) mass is 494 g/mol. The van der Waals surface area contributed by atoms with E-state index in [4.69, 9.17) is 27.7 Å². The maximum Gasteiger partial charge on any atom is 0.220 e. The van der Waals surface area contributed by atoms with Crippen molar-refractivity contribution >= 4 is 40.8 Å². The number of aromatic nitrogens is 5. The normalized spacial score (nSPS) is 14.2. The molecule has 34 heavy (non-hydrogen) atoms. The largest absolute Gasteiger partial charge is 0.370 e. The van der Waals surface area contributed by atoms with Gasteiger partial charge in [-0.15, -0.1) is 21.5 Å². The molecule has 1 aromatic carbocycles. The summed E-state index contributed by atoms with van der Waals surface area (Å²) in [5.74, 6) is 1.57. The Morgan fingerprint density at radius 3 is 2.59 bits per heavy atom. The molecule has 0 saturated carbocycles. The number of aromatic amines is 1. The summed E-state index contributed by atoms with van der Waals surface area (Å²) >= 11 is 7.74. The molecule has 1 atom stereocenters. The van der Waals surface area contributed by atoms with Crippen LogP contribution in [-0.4, -0.2) is 42.6 Å². The minimum Gasteiger partial charge on any atom is -0.370 e. The maximum absolute atomic E-state index is 11.7. The molecule has 1 aliphatic rings. The zero-order valence-corrected chi connectivity index (χ0v) is 20.4. The predicted octanol–water partition coefficient (Wildman–Crippen LogP) is 4.08. The zero-order chi connectivity index (χ0) is 24.4. The molecule has 11 heteroatoms. The van der Waals surface area contributed by atoms with Gasteiger partial charge in [-0.2, -0.15) is 0 Å². The van der Waals surface area contributed by atoms with Crippen LogP contribution in [0.25, 0.3) is 5.00 Å². The zero-order valence-electron chi connectivity index (χ0n) is 18.8. The van der Waals surface area contributed by atoms with E-state index in [0.29, 0.717) is 16.7 Å². The lowest BCUT2D eigenvalue weighted by atomic mass is 9.99. The number of aryl methyl sites for hydroxylation is 2. The van der Waals surface area contributed by atoms with Gasteiger partial charge in [-0.25, -0.2) is 4.98 Å². The first-order valence-electron chi connectivity index (χ1n) is 10.4. The molecule has 3 aromatic heterocycles. The molecule has 1 amide bonds. The molecule has 0 fully saturated rings. The Balaban J connectivity index is 0.000000336. The Kier molecular flexibility index (Phi) is 6.71. The molecule has 5 rings (SSSR count).